The highest BCUT2D eigenvalue weighted by atomic mass is 15.2. The normalized spacial score (nSPS) is 17.9. The van der Waals surface area contributed by atoms with Crippen LogP contribution in [0, 0.1) is 0 Å². The first kappa shape index (κ1) is 15.9. The smallest absolute Gasteiger partial charge is 0.156 e. The summed E-state index contributed by atoms with van der Waals surface area (Å²) in [6, 6.07) is 4.43. The molecule has 1 fully saturated rings. The van der Waals surface area contributed by atoms with E-state index in [0.29, 0.717) is 6.04 Å². The fourth-order valence-electron chi connectivity index (χ4n) is 3.53. The lowest BCUT2D eigenvalue weighted by Gasteiger charge is -2.24. The SMILES string of the molecule is CCc1nccn1-c1cncc([C@@H]2CCCN2Cc2cccnc2)n1. The maximum absolute atomic E-state index is 4.90. The van der Waals surface area contributed by atoms with Crippen molar-refractivity contribution in [3.05, 3.63) is 66.4 Å². The summed E-state index contributed by atoms with van der Waals surface area (Å²) in [5.41, 5.74) is 2.27. The molecule has 0 spiro atoms. The van der Waals surface area contributed by atoms with Crippen LogP contribution in [0.2, 0.25) is 0 Å². The van der Waals surface area contributed by atoms with Crippen LogP contribution in [-0.2, 0) is 13.0 Å². The van der Waals surface area contributed by atoms with Crippen LogP contribution in [0.3, 0.4) is 0 Å². The number of nitrogens with zero attached hydrogens (tertiary/aromatic N) is 6. The van der Waals surface area contributed by atoms with Crippen molar-refractivity contribution in [1.82, 2.24) is 29.4 Å². The van der Waals surface area contributed by atoms with Crippen LogP contribution in [0.4, 0.5) is 0 Å². The molecule has 0 N–H and O–H groups in total. The van der Waals surface area contributed by atoms with Crippen LogP contribution in [0.15, 0.2) is 49.3 Å². The van der Waals surface area contributed by atoms with Crippen LogP contribution >= 0.6 is 0 Å². The summed E-state index contributed by atoms with van der Waals surface area (Å²) in [7, 11) is 0. The van der Waals surface area contributed by atoms with E-state index in [1.165, 1.54) is 12.0 Å². The van der Waals surface area contributed by atoms with Crippen LogP contribution in [0.5, 0.6) is 0 Å². The Morgan fingerprint density at radius 2 is 2.12 bits per heavy atom. The van der Waals surface area contributed by atoms with Crippen LogP contribution in [-0.4, -0.2) is 35.9 Å². The molecule has 3 aromatic heterocycles. The fraction of sp³-hybridized carbons (Fsp3) is 0.368. The Morgan fingerprint density at radius 3 is 2.96 bits per heavy atom. The molecule has 0 unspecified atom stereocenters. The Bertz CT molecular complexity index is 829. The number of hydrogen-bond donors (Lipinski definition) is 0. The molecule has 128 valence electrons. The van der Waals surface area contributed by atoms with Gasteiger partial charge < -0.3 is 0 Å². The van der Waals surface area contributed by atoms with Crippen molar-refractivity contribution in [1.29, 1.82) is 0 Å². The summed E-state index contributed by atoms with van der Waals surface area (Å²) in [4.78, 5) is 20.4. The standard InChI is InChI=1S/C19H22N6/c1-2-18-22-8-10-25(18)19-13-21-12-16(23-19)17-6-4-9-24(17)14-15-5-3-7-20-11-15/h3,5,7-8,10-13,17H,2,4,6,9,14H2,1H3/t17-/m0/s1. The molecule has 4 rings (SSSR count). The van der Waals surface area contributed by atoms with Gasteiger partial charge in [0.05, 0.1) is 24.1 Å². The third-order valence-electron chi connectivity index (χ3n) is 4.73. The van der Waals surface area contributed by atoms with Gasteiger partial charge in [0.25, 0.3) is 0 Å². The zero-order chi connectivity index (χ0) is 17.1. The van der Waals surface area contributed by atoms with Crippen LogP contribution in [0.25, 0.3) is 5.82 Å². The van der Waals surface area contributed by atoms with Crippen molar-refractivity contribution in [3.8, 4) is 5.82 Å². The Hall–Kier alpha value is -2.60. The van der Waals surface area contributed by atoms with Gasteiger partial charge in [0.1, 0.15) is 5.82 Å². The predicted molar refractivity (Wildman–Crippen MR) is 95.2 cm³/mol. The molecule has 6 heteroatoms. The largest absolute Gasteiger partial charge is 0.290 e. The van der Waals surface area contributed by atoms with E-state index in [1.807, 2.05) is 47.8 Å². The number of pyridine rings is 1. The fourth-order valence-corrected chi connectivity index (χ4v) is 3.53. The summed E-state index contributed by atoms with van der Waals surface area (Å²) < 4.78 is 2.02. The van der Waals surface area contributed by atoms with Crippen molar-refractivity contribution in [3.63, 3.8) is 0 Å². The van der Waals surface area contributed by atoms with Crippen LogP contribution in [0.1, 0.15) is 42.9 Å². The van der Waals surface area contributed by atoms with Gasteiger partial charge in [-0.3, -0.25) is 19.4 Å². The summed E-state index contributed by atoms with van der Waals surface area (Å²) in [6.07, 6.45) is 14.4. The molecule has 0 bridgehead atoms. The minimum atomic E-state index is 0.307. The molecular weight excluding hydrogens is 312 g/mol. The van der Waals surface area contributed by atoms with Gasteiger partial charge in [0.15, 0.2) is 5.82 Å². The minimum absolute atomic E-state index is 0.307. The maximum Gasteiger partial charge on any atom is 0.156 e. The molecule has 0 radical (unpaired) electrons. The third-order valence-corrected chi connectivity index (χ3v) is 4.73. The lowest BCUT2D eigenvalue weighted by molar-refractivity contribution is 0.243. The molecule has 0 aromatic carbocycles. The zero-order valence-electron chi connectivity index (χ0n) is 14.4. The molecule has 0 amide bonds. The zero-order valence-corrected chi connectivity index (χ0v) is 14.4. The molecule has 1 saturated heterocycles. The van der Waals surface area contributed by atoms with Gasteiger partial charge in [-0.1, -0.05) is 13.0 Å². The molecule has 25 heavy (non-hydrogen) atoms. The van der Waals surface area contributed by atoms with Gasteiger partial charge in [0.2, 0.25) is 0 Å². The molecule has 0 aliphatic carbocycles. The number of hydrogen-bond acceptors (Lipinski definition) is 5. The number of likely N-dealkylation sites (tertiary alicyclic amines) is 1. The summed E-state index contributed by atoms with van der Waals surface area (Å²) >= 11 is 0. The first-order valence-electron chi connectivity index (χ1n) is 8.82. The Balaban J connectivity index is 1.59. The molecule has 4 heterocycles. The van der Waals surface area contributed by atoms with Gasteiger partial charge in [-0.25, -0.2) is 9.97 Å². The van der Waals surface area contributed by atoms with E-state index in [2.05, 4.69) is 32.8 Å². The van der Waals surface area contributed by atoms with Gasteiger partial charge in [-0.15, -0.1) is 0 Å². The second-order valence-electron chi connectivity index (χ2n) is 6.36. The molecule has 0 saturated carbocycles. The molecule has 3 aromatic rings. The average Bonchev–Trinajstić information content (AvgIpc) is 3.32. The summed E-state index contributed by atoms with van der Waals surface area (Å²) in [6.45, 7) is 4.08. The van der Waals surface area contributed by atoms with Crippen molar-refractivity contribution in [2.45, 2.75) is 38.8 Å². The van der Waals surface area contributed by atoms with E-state index in [0.717, 1.165) is 43.3 Å². The first-order chi connectivity index (χ1) is 12.3. The quantitative estimate of drug-likeness (QED) is 0.718. The first-order valence-corrected chi connectivity index (χ1v) is 8.82. The topological polar surface area (TPSA) is 59.7 Å². The van der Waals surface area contributed by atoms with Gasteiger partial charge >= 0.3 is 0 Å². The molecular formula is C19H22N6. The molecule has 6 nitrogen and oxygen atoms in total. The maximum atomic E-state index is 4.90. The Kier molecular flexibility index (Phi) is 4.52. The summed E-state index contributed by atoms with van der Waals surface area (Å²) in [5.74, 6) is 1.85. The van der Waals surface area contributed by atoms with E-state index >= 15 is 0 Å². The van der Waals surface area contributed by atoms with Crippen molar-refractivity contribution in [2.24, 2.45) is 0 Å². The average molecular weight is 334 g/mol. The van der Waals surface area contributed by atoms with E-state index in [1.54, 1.807) is 0 Å². The van der Waals surface area contributed by atoms with Gasteiger partial charge in [0, 0.05) is 37.8 Å². The highest BCUT2D eigenvalue weighted by Gasteiger charge is 2.27. The number of rotatable bonds is 5. The molecule has 1 aliphatic heterocycles. The predicted octanol–water partition coefficient (Wildman–Crippen LogP) is 2.96. The molecule has 1 atom stereocenters. The van der Waals surface area contributed by atoms with Crippen molar-refractivity contribution < 1.29 is 0 Å². The van der Waals surface area contributed by atoms with Gasteiger partial charge in [-0.2, -0.15) is 0 Å². The lowest BCUT2D eigenvalue weighted by atomic mass is 10.1. The van der Waals surface area contributed by atoms with Gasteiger partial charge in [-0.05, 0) is 31.0 Å². The van der Waals surface area contributed by atoms with Crippen molar-refractivity contribution in [2.75, 3.05) is 6.54 Å². The second-order valence-corrected chi connectivity index (χ2v) is 6.36. The highest BCUT2D eigenvalue weighted by Crippen LogP contribution is 2.32. The van der Waals surface area contributed by atoms with Crippen molar-refractivity contribution >= 4 is 0 Å². The minimum Gasteiger partial charge on any atom is -0.290 e. The molecule has 1 aliphatic rings. The highest BCUT2D eigenvalue weighted by molar-refractivity contribution is 5.24. The Labute approximate surface area is 147 Å². The number of aromatic nitrogens is 5. The Morgan fingerprint density at radius 1 is 1.16 bits per heavy atom. The number of aryl methyl sites for hydroxylation is 1. The monoisotopic (exact) mass is 334 g/mol. The second kappa shape index (κ2) is 7.11. The van der Waals surface area contributed by atoms with E-state index in [4.69, 9.17) is 4.98 Å². The lowest BCUT2D eigenvalue weighted by Crippen LogP contribution is -2.24. The van der Waals surface area contributed by atoms with E-state index in [9.17, 15) is 0 Å². The summed E-state index contributed by atoms with van der Waals surface area (Å²) in [5, 5.41) is 0. The van der Waals surface area contributed by atoms with E-state index < -0.39 is 0 Å². The van der Waals surface area contributed by atoms with E-state index in [-0.39, 0.29) is 0 Å². The third kappa shape index (κ3) is 3.30. The number of imidazole rings is 1. The van der Waals surface area contributed by atoms with Crippen LogP contribution < -0.4 is 0 Å².